The summed E-state index contributed by atoms with van der Waals surface area (Å²) in [4.78, 5) is 0. The number of benzene rings is 1. The van der Waals surface area contributed by atoms with Gasteiger partial charge in [-0.15, -0.1) is 0 Å². The van der Waals surface area contributed by atoms with Crippen LogP contribution in [0, 0.1) is 5.92 Å². The molecule has 2 aliphatic carbocycles. The summed E-state index contributed by atoms with van der Waals surface area (Å²) in [7, 11) is 0. The van der Waals surface area contributed by atoms with E-state index >= 15 is 0 Å². The van der Waals surface area contributed by atoms with Crippen molar-refractivity contribution >= 4 is 0 Å². The number of likely N-dealkylation sites (tertiary alicyclic amines) is 1. The zero-order chi connectivity index (χ0) is 16.8. The molecule has 1 aliphatic heterocycles. The number of aromatic hydroxyl groups is 1. The van der Waals surface area contributed by atoms with Crippen LogP contribution in [0.15, 0.2) is 43.5 Å². The summed E-state index contributed by atoms with van der Waals surface area (Å²) in [6.45, 7) is 11.4. The Hall–Kier alpha value is -1.54. The number of quaternary nitrogens is 1. The van der Waals surface area contributed by atoms with Crippen molar-refractivity contribution in [2.45, 2.75) is 50.0 Å². The fourth-order valence-corrected chi connectivity index (χ4v) is 6.39. The van der Waals surface area contributed by atoms with Crippen LogP contribution < -0.4 is 0 Å². The highest BCUT2D eigenvalue weighted by atomic mass is 16.3. The van der Waals surface area contributed by atoms with Crippen molar-refractivity contribution in [3.05, 3.63) is 54.6 Å². The van der Waals surface area contributed by atoms with Gasteiger partial charge in [0.1, 0.15) is 5.75 Å². The molecule has 2 heteroatoms. The van der Waals surface area contributed by atoms with Crippen LogP contribution in [0.4, 0.5) is 0 Å². The van der Waals surface area contributed by atoms with Gasteiger partial charge in [0, 0.05) is 24.2 Å². The Labute approximate surface area is 146 Å². The van der Waals surface area contributed by atoms with E-state index < -0.39 is 0 Å². The Morgan fingerprint density at radius 3 is 2.71 bits per heavy atom. The van der Waals surface area contributed by atoms with E-state index in [1.807, 2.05) is 6.07 Å². The van der Waals surface area contributed by atoms with E-state index in [0.29, 0.717) is 17.2 Å². The number of phenolic OH excluding ortho intramolecular Hbond substituents is 1. The lowest BCUT2D eigenvalue weighted by Crippen LogP contribution is -2.70. The maximum Gasteiger partial charge on any atom is 0.115 e. The van der Waals surface area contributed by atoms with Crippen LogP contribution in [-0.2, 0) is 11.8 Å². The van der Waals surface area contributed by atoms with Crippen molar-refractivity contribution < 1.29 is 9.59 Å². The minimum absolute atomic E-state index is 0.305. The van der Waals surface area contributed by atoms with Gasteiger partial charge in [0.25, 0.3) is 0 Å². The van der Waals surface area contributed by atoms with Gasteiger partial charge in [0.05, 0.1) is 25.7 Å². The SMILES string of the molecule is C=CC[N+]1(CC=C)CC[C@]23CCCC[C@H]2[C@@H]1Cc1ccc(O)cc13. The van der Waals surface area contributed by atoms with E-state index in [1.165, 1.54) is 49.8 Å². The molecule has 1 aromatic carbocycles. The first-order valence-electron chi connectivity index (χ1n) is 9.55. The lowest BCUT2D eigenvalue weighted by Gasteiger charge is -2.62. The highest BCUT2D eigenvalue weighted by Gasteiger charge is 2.59. The number of phenols is 1. The Bertz CT molecular complexity index is 654. The van der Waals surface area contributed by atoms with Crippen LogP contribution in [0.25, 0.3) is 0 Å². The van der Waals surface area contributed by atoms with E-state index in [1.54, 1.807) is 0 Å². The van der Waals surface area contributed by atoms with E-state index in [2.05, 4.69) is 37.4 Å². The van der Waals surface area contributed by atoms with Crippen molar-refractivity contribution in [2.75, 3.05) is 19.6 Å². The molecule has 1 saturated carbocycles. The molecule has 4 rings (SSSR count). The van der Waals surface area contributed by atoms with Crippen LogP contribution >= 0.6 is 0 Å². The molecule has 1 N–H and O–H groups in total. The molecule has 3 aliphatic rings. The third-order valence-corrected chi connectivity index (χ3v) is 7.31. The first-order valence-corrected chi connectivity index (χ1v) is 9.55. The maximum absolute atomic E-state index is 10.1. The molecule has 2 fully saturated rings. The minimum atomic E-state index is 0.305. The number of nitrogens with zero attached hydrogens (tertiary/aromatic N) is 1. The van der Waals surface area contributed by atoms with Gasteiger partial charge in [-0.3, -0.25) is 0 Å². The summed E-state index contributed by atoms with van der Waals surface area (Å²) < 4.78 is 1.14. The minimum Gasteiger partial charge on any atom is -0.508 e. The summed E-state index contributed by atoms with van der Waals surface area (Å²) >= 11 is 0. The lowest BCUT2D eigenvalue weighted by molar-refractivity contribution is -0.952. The molecule has 0 radical (unpaired) electrons. The van der Waals surface area contributed by atoms with Crippen LogP contribution in [0.5, 0.6) is 5.75 Å². The predicted molar refractivity (Wildman–Crippen MR) is 99.1 cm³/mol. The van der Waals surface area contributed by atoms with Crippen LogP contribution in [-0.4, -0.2) is 35.3 Å². The van der Waals surface area contributed by atoms with E-state index in [-0.39, 0.29) is 0 Å². The molecule has 1 heterocycles. The molecule has 0 unspecified atom stereocenters. The Morgan fingerprint density at radius 1 is 1.17 bits per heavy atom. The van der Waals surface area contributed by atoms with Gasteiger partial charge in [0.2, 0.25) is 0 Å². The Balaban J connectivity index is 1.86. The highest BCUT2D eigenvalue weighted by molar-refractivity contribution is 5.44. The molecule has 0 amide bonds. The van der Waals surface area contributed by atoms with Gasteiger partial charge in [0.15, 0.2) is 0 Å². The van der Waals surface area contributed by atoms with Crippen LogP contribution in [0.2, 0.25) is 0 Å². The summed E-state index contributed by atoms with van der Waals surface area (Å²) in [5, 5.41) is 10.1. The molecular formula is C22H30NO+. The van der Waals surface area contributed by atoms with Gasteiger partial charge >= 0.3 is 0 Å². The number of piperidine rings is 1. The first kappa shape index (κ1) is 16.0. The average molecular weight is 324 g/mol. The Morgan fingerprint density at radius 2 is 1.96 bits per heavy atom. The molecule has 2 nitrogen and oxygen atoms in total. The van der Waals surface area contributed by atoms with E-state index in [9.17, 15) is 5.11 Å². The highest BCUT2D eigenvalue weighted by Crippen LogP contribution is 2.57. The third kappa shape index (κ3) is 2.12. The second-order valence-electron chi connectivity index (χ2n) is 8.26. The maximum atomic E-state index is 10.1. The topological polar surface area (TPSA) is 20.2 Å². The van der Waals surface area contributed by atoms with Crippen molar-refractivity contribution in [2.24, 2.45) is 5.92 Å². The molecule has 0 spiro atoms. The quantitative estimate of drug-likeness (QED) is 0.645. The van der Waals surface area contributed by atoms with Crippen molar-refractivity contribution in [3.8, 4) is 5.75 Å². The van der Waals surface area contributed by atoms with Gasteiger partial charge in [-0.25, -0.2) is 0 Å². The largest absolute Gasteiger partial charge is 0.508 e. The molecule has 128 valence electrons. The standard InChI is InChI=1S/C22H29NO/c1-3-12-23(13-4-2)14-11-22-10-6-5-7-19(22)21(23)15-17-8-9-18(24)16-20(17)22/h3-4,8-9,16,19,21H,1-2,5-7,10-15H2/p+1/t19-,21-,22+/m0/s1. The zero-order valence-corrected chi connectivity index (χ0v) is 14.7. The monoisotopic (exact) mass is 324 g/mol. The molecular weight excluding hydrogens is 294 g/mol. The number of hydrogen-bond acceptors (Lipinski definition) is 1. The number of hydrogen-bond donors (Lipinski definition) is 1. The fourth-order valence-electron chi connectivity index (χ4n) is 6.39. The summed E-state index contributed by atoms with van der Waals surface area (Å²) in [5.74, 6) is 1.18. The third-order valence-electron chi connectivity index (χ3n) is 7.31. The summed E-state index contributed by atoms with van der Waals surface area (Å²) in [6, 6.07) is 6.83. The molecule has 3 atom stereocenters. The predicted octanol–water partition coefficient (Wildman–Crippen LogP) is 4.34. The van der Waals surface area contributed by atoms with Gasteiger partial charge in [-0.05, 0) is 48.3 Å². The molecule has 1 aromatic rings. The first-order chi connectivity index (χ1) is 11.6. The van der Waals surface area contributed by atoms with Crippen molar-refractivity contribution in [1.82, 2.24) is 0 Å². The second-order valence-corrected chi connectivity index (χ2v) is 8.26. The second kappa shape index (κ2) is 5.77. The normalized spacial score (nSPS) is 33.2. The Kier molecular flexibility index (Phi) is 3.84. The smallest absolute Gasteiger partial charge is 0.115 e. The summed E-state index contributed by atoms with van der Waals surface area (Å²) in [6.07, 6.45) is 12.0. The lowest BCUT2D eigenvalue weighted by atomic mass is 9.51. The number of rotatable bonds is 4. The van der Waals surface area contributed by atoms with Gasteiger partial charge in [-0.1, -0.05) is 32.1 Å². The zero-order valence-electron chi connectivity index (χ0n) is 14.7. The van der Waals surface area contributed by atoms with Gasteiger partial charge in [-0.2, -0.15) is 0 Å². The van der Waals surface area contributed by atoms with Crippen LogP contribution in [0.3, 0.4) is 0 Å². The fraction of sp³-hybridized carbons (Fsp3) is 0.545. The van der Waals surface area contributed by atoms with Gasteiger partial charge < -0.3 is 9.59 Å². The molecule has 24 heavy (non-hydrogen) atoms. The average Bonchev–Trinajstić information content (AvgIpc) is 2.59. The van der Waals surface area contributed by atoms with Crippen molar-refractivity contribution in [3.63, 3.8) is 0 Å². The molecule has 1 saturated heterocycles. The van der Waals surface area contributed by atoms with E-state index in [4.69, 9.17) is 0 Å². The molecule has 2 bridgehead atoms. The summed E-state index contributed by atoms with van der Waals surface area (Å²) in [5.41, 5.74) is 3.25. The van der Waals surface area contributed by atoms with E-state index in [0.717, 1.165) is 29.9 Å². The number of fused-ring (bicyclic) bond motifs is 1. The molecule has 0 aromatic heterocycles. The van der Waals surface area contributed by atoms with Crippen LogP contribution in [0.1, 0.15) is 43.2 Å². The van der Waals surface area contributed by atoms with Crippen molar-refractivity contribution in [1.29, 1.82) is 0 Å².